The van der Waals surface area contributed by atoms with Gasteiger partial charge in [0.25, 0.3) is 0 Å². The molecule has 1 aliphatic carbocycles. The summed E-state index contributed by atoms with van der Waals surface area (Å²) in [4.78, 5) is 0.407. The summed E-state index contributed by atoms with van der Waals surface area (Å²) in [5, 5.41) is 0.379. The highest BCUT2D eigenvalue weighted by Crippen LogP contribution is 2.38. The normalized spacial score (nSPS) is 21.2. The summed E-state index contributed by atoms with van der Waals surface area (Å²) in [7, 11) is 0. The van der Waals surface area contributed by atoms with Crippen molar-refractivity contribution in [2.75, 3.05) is 0 Å². The van der Waals surface area contributed by atoms with Crippen molar-refractivity contribution in [3.05, 3.63) is 64.1 Å². The summed E-state index contributed by atoms with van der Waals surface area (Å²) < 4.78 is 50.0. The lowest BCUT2D eigenvalue weighted by Gasteiger charge is -2.18. The van der Waals surface area contributed by atoms with E-state index in [1.54, 1.807) is 30.3 Å². The van der Waals surface area contributed by atoms with Crippen LogP contribution >= 0.6 is 23.2 Å². The Labute approximate surface area is 139 Å². The molecule has 1 aromatic carbocycles. The molecule has 0 saturated heterocycles. The van der Waals surface area contributed by atoms with Crippen molar-refractivity contribution in [2.45, 2.75) is 22.9 Å². The third-order valence-corrected chi connectivity index (χ3v) is 4.66. The van der Waals surface area contributed by atoms with Crippen LogP contribution in [0.2, 0.25) is 0 Å². The van der Waals surface area contributed by atoms with Gasteiger partial charge in [0.1, 0.15) is 5.57 Å². The van der Waals surface area contributed by atoms with Crippen molar-refractivity contribution in [1.29, 1.82) is 0 Å². The largest absolute Gasteiger partial charge is 0.420 e. The number of allylic oxidation sites excluding steroid dienone is 5. The van der Waals surface area contributed by atoms with Crippen molar-refractivity contribution >= 4 is 34.4 Å². The van der Waals surface area contributed by atoms with Gasteiger partial charge in [0, 0.05) is 5.03 Å². The molecule has 1 nitrogen and oxygen atoms in total. The minimum Gasteiger partial charge on any atom is -0.176 e. The van der Waals surface area contributed by atoms with Crippen LogP contribution in [0.1, 0.15) is 6.42 Å². The van der Waals surface area contributed by atoms with Crippen LogP contribution in [0.25, 0.3) is 0 Å². The summed E-state index contributed by atoms with van der Waals surface area (Å²) in [5.74, 6) is 0. The predicted molar refractivity (Wildman–Crippen MR) is 85.1 cm³/mol. The number of alkyl halides is 4. The van der Waals surface area contributed by atoms with Gasteiger partial charge in [-0.1, -0.05) is 29.8 Å². The third kappa shape index (κ3) is 4.56. The van der Waals surface area contributed by atoms with Gasteiger partial charge in [0.2, 0.25) is 11.2 Å². The molecule has 0 heterocycles. The van der Waals surface area contributed by atoms with Crippen molar-refractivity contribution < 1.29 is 17.7 Å². The summed E-state index contributed by atoms with van der Waals surface area (Å²) >= 11 is 10.0. The first kappa shape index (κ1) is 17.5. The summed E-state index contributed by atoms with van der Waals surface area (Å²) in [6.07, 6.45) is -1.87. The van der Waals surface area contributed by atoms with Crippen LogP contribution in [0.3, 0.4) is 0 Å². The SMILES string of the molecule is O[S+](/C=C(/C1=CC(Cl)=CC(Cl)C1)C(F)(F)F)c1ccccc1. The van der Waals surface area contributed by atoms with Gasteiger partial charge in [-0.2, -0.15) is 17.7 Å². The van der Waals surface area contributed by atoms with Crippen LogP contribution in [0.4, 0.5) is 13.2 Å². The first-order chi connectivity index (χ1) is 10.3. The highest BCUT2D eigenvalue weighted by atomic mass is 35.5. The van der Waals surface area contributed by atoms with E-state index in [1.807, 2.05) is 0 Å². The van der Waals surface area contributed by atoms with Crippen LogP contribution in [0.15, 0.2) is 69.0 Å². The Hall–Kier alpha value is -0.880. The maximum atomic E-state index is 13.3. The van der Waals surface area contributed by atoms with Crippen LogP contribution in [0.5, 0.6) is 0 Å². The molecule has 22 heavy (non-hydrogen) atoms. The molecule has 1 N–H and O–H groups in total. The highest BCUT2D eigenvalue weighted by molar-refractivity contribution is 7.94. The van der Waals surface area contributed by atoms with Crippen LogP contribution in [-0.4, -0.2) is 16.1 Å². The Morgan fingerprint density at radius 2 is 1.91 bits per heavy atom. The zero-order chi connectivity index (χ0) is 16.3. The molecular formula is C15H12Cl2F3OS+. The second kappa shape index (κ2) is 7.13. The lowest BCUT2D eigenvalue weighted by molar-refractivity contribution is -0.0894. The smallest absolute Gasteiger partial charge is 0.176 e. The average molecular weight is 368 g/mol. The van der Waals surface area contributed by atoms with Crippen LogP contribution in [0, 0.1) is 0 Å². The zero-order valence-electron chi connectivity index (χ0n) is 11.1. The molecule has 118 valence electrons. The maximum Gasteiger partial charge on any atom is 0.420 e. The molecule has 1 aromatic rings. The number of benzene rings is 1. The Kier molecular flexibility index (Phi) is 5.66. The molecule has 2 atom stereocenters. The van der Waals surface area contributed by atoms with Gasteiger partial charge in [0.15, 0.2) is 10.3 Å². The van der Waals surface area contributed by atoms with Crippen molar-refractivity contribution in [2.24, 2.45) is 0 Å². The monoisotopic (exact) mass is 367 g/mol. The Morgan fingerprint density at radius 3 is 2.45 bits per heavy atom. The second-order valence-electron chi connectivity index (χ2n) is 4.60. The highest BCUT2D eigenvalue weighted by Gasteiger charge is 2.40. The van der Waals surface area contributed by atoms with Crippen LogP contribution in [-0.2, 0) is 11.2 Å². The standard InChI is InChI=1S/C15H12Cl2F3OS/c16-11-6-10(7-12(17)8-11)14(15(18,19)20)9-22(21)13-4-2-1-3-5-13/h1-6,8-9,12,21H,7H2/q+1/b14-9-. The molecular weight excluding hydrogens is 356 g/mol. The summed E-state index contributed by atoms with van der Waals surface area (Å²) in [6, 6.07) is 8.17. The molecule has 0 fully saturated rings. The van der Waals surface area contributed by atoms with E-state index in [-0.39, 0.29) is 17.0 Å². The minimum absolute atomic E-state index is 0.00904. The average Bonchev–Trinajstić information content (AvgIpc) is 2.43. The number of hydrogen-bond acceptors (Lipinski definition) is 1. The van der Waals surface area contributed by atoms with Gasteiger partial charge in [-0.25, -0.2) is 0 Å². The van der Waals surface area contributed by atoms with Gasteiger partial charge >= 0.3 is 6.18 Å². The minimum atomic E-state index is -4.60. The van der Waals surface area contributed by atoms with E-state index in [2.05, 4.69) is 0 Å². The predicted octanol–water partition coefficient (Wildman–Crippen LogP) is 5.64. The Balaban J connectivity index is 2.40. The van der Waals surface area contributed by atoms with Crippen molar-refractivity contribution in [3.63, 3.8) is 0 Å². The fraction of sp³-hybridized carbons (Fsp3) is 0.200. The molecule has 0 bridgehead atoms. The summed E-state index contributed by atoms with van der Waals surface area (Å²) in [5.41, 5.74) is -0.929. The van der Waals surface area contributed by atoms with E-state index in [9.17, 15) is 17.7 Å². The number of hydrogen-bond donors (Lipinski definition) is 1. The molecule has 0 aromatic heterocycles. The molecule has 0 aliphatic heterocycles. The van der Waals surface area contributed by atoms with Crippen molar-refractivity contribution in [3.8, 4) is 0 Å². The van der Waals surface area contributed by atoms with E-state index in [0.29, 0.717) is 4.90 Å². The number of halogens is 5. The topological polar surface area (TPSA) is 20.2 Å². The maximum absolute atomic E-state index is 13.3. The zero-order valence-corrected chi connectivity index (χ0v) is 13.5. The van der Waals surface area contributed by atoms with E-state index >= 15 is 0 Å². The quantitative estimate of drug-likeness (QED) is 0.541. The molecule has 0 spiro atoms. The molecule has 7 heteroatoms. The first-order valence-electron chi connectivity index (χ1n) is 6.26. The molecule has 2 unspecified atom stereocenters. The van der Waals surface area contributed by atoms with Gasteiger partial charge in [0.05, 0.1) is 5.38 Å². The Bertz CT molecular complexity index is 623. The van der Waals surface area contributed by atoms with Crippen molar-refractivity contribution in [1.82, 2.24) is 0 Å². The third-order valence-electron chi connectivity index (χ3n) is 2.93. The molecule has 0 radical (unpaired) electrons. The first-order valence-corrected chi connectivity index (χ1v) is 8.32. The van der Waals surface area contributed by atoms with Gasteiger partial charge < -0.3 is 0 Å². The van der Waals surface area contributed by atoms with Gasteiger partial charge in [-0.15, -0.1) is 11.6 Å². The van der Waals surface area contributed by atoms with Gasteiger partial charge in [-0.05, 0) is 36.3 Å². The molecule has 2 rings (SSSR count). The fourth-order valence-corrected chi connectivity index (χ4v) is 3.70. The van der Waals surface area contributed by atoms with Gasteiger partial charge in [-0.3, -0.25) is 0 Å². The van der Waals surface area contributed by atoms with E-state index in [4.69, 9.17) is 23.2 Å². The lowest BCUT2D eigenvalue weighted by Crippen LogP contribution is -2.18. The lowest BCUT2D eigenvalue weighted by atomic mass is 9.97. The molecule has 1 aliphatic rings. The van der Waals surface area contributed by atoms with E-state index in [1.165, 1.54) is 12.2 Å². The van der Waals surface area contributed by atoms with Crippen LogP contribution < -0.4 is 0 Å². The molecule has 0 amide bonds. The molecule has 0 saturated carbocycles. The number of rotatable bonds is 3. The van der Waals surface area contributed by atoms with E-state index in [0.717, 1.165) is 5.41 Å². The summed E-state index contributed by atoms with van der Waals surface area (Å²) in [6.45, 7) is 0. The van der Waals surface area contributed by atoms with E-state index < -0.39 is 28.3 Å². The fourth-order valence-electron chi connectivity index (χ4n) is 1.97. The Morgan fingerprint density at radius 1 is 1.27 bits per heavy atom. The second-order valence-corrected chi connectivity index (χ2v) is 6.93.